The number of halogens is 2. The highest BCUT2D eigenvalue weighted by molar-refractivity contribution is 9.12. The van der Waals surface area contributed by atoms with Crippen molar-refractivity contribution in [2.45, 2.75) is 15.8 Å². The first kappa shape index (κ1) is 13.7. The van der Waals surface area contributed by atoms with Crippen molar-refractivity contribution in [2.75, 3.05) is 0 Å². The lowest BCUT2D eigenvalue weighted by Gasteiger charge is -2.22. The van der Waals surface area contributed by atoms with E-state index in [0.29, 0.717) is 0 Å². The summed E-state index contributed by atoms with van der Waals surface area (Å²) in [6.45, 7) is 0. The number of aromatic nitrogens is 1. The molecule has 0 radical (unpaired) electrons. The Bertz CT molecular complexity index is 432. The summed E-state index contributed by atoms with van der Waals surface area (Å²) in [4.78, 5) is 3.89. The highest BCUT2D eigenvalue weighted by Gasteiger charge is 2.26. The van der Waals surface area contributed by atoms with Gasteiger partial charge >= 0.3 is 0 Å². The number of pyridine rings is 1. The van der Waals surface area contributed by atoms with Crippen molar-refractivity contribution in [2.24, 2.45) is 0 Å². The van der Waals surface area contributed by atoms with E-state index in [1.165, 1.54) is 0 Å². The molecular formula is C14H13Br2NO. The fourth-order valence-electron chi connectivity index (χ4n) is 1.73. The number of hydrogen-bond donors (Lipinski definition) is 1. The van der Waals surface area contributed by atoms with Crippen LogP contribution in [-0.2, 0) is 0 Å². The zero-order valence-electron chi connectivity index (χ0n) is 9.58. The van der Waals surface area contributed by atoms with E-state index in [1.807, 2.05) is 42.5 Å². The number of nitrogens with zero attached hydrogens (tertiary/aromatic N) is 1. The van der Waals surface area contributed by atoms with Crippen LogP contribution in [0.3, 0.4) is 0 Å². The van der Waals surface area contributed by atoms with E-state index in [4.69, 9.17) is 0 Å². The monoisotopic (exact) mass is 369 g/mol. The Balaban J connectivity index is 2.14. The Labute approximate surface area is 123 Å². The maximum Gasteiger partial charge on any atom is 0.0930 e. The van der Waals surface area contributed by atoms with Crippen molar-refractivity contribution in [1.29, 1.82) is 0 Å². The molecule has 1 aromatic carbocycles. The van der Waals surface area contributed by atoms with Gasteiger partial charge in [0.05, 0.1) is 15.8 Å². The Morgan fingerprint density at radius 1 is 0.889 bits per heavy atom. The van der Waals surface area contributed by atoms with Crippen molar-refractivity contribution in [3.05, 3.63) is 66.0 Å². The Hall–Kier alpha value is -0.710. The van der Waals surface area contributed by atoms with Crippen LogP contribution < -0.4 is 0 Å². The van der Waals surface area contributed by atoms with Crippen molar-refractivity contribution in [3.8, 4) is 0 Å². The van der Waals surface area contributed by atoms with E-state index < -0.39 is 6.10 Å². The van der Waals surface area contributed by atoms with Crippen LogP contribution in [0.4, 0.5) is 0 Å². The second-order valence-electron chi connectivity index (χ2n) is 3.98. The lowest BCUT2D eigenvalue weighted by Crippen LogP contribution is -2.17. The summed E-state index contributed by atoms with van der Waals surface area (Å²) in [6.07, 6.45) is 2.78. The molecule has 3 atom stereocenters. The number of alkyl halides is 2. The lowest BCUT2D eigenvalue weighted by molar-refractivity contribution is 0.175. The van der Waals surface area contributed by atoms with Crippen LogP contribution >= 0.6 is 31.9 Å². The van der Waals surface area contributed by atoms with Crippen LogP contribution in [-0.4, -0.2) is 14.9 Å². The molecule has 1 aromatic heterocycles. The third kappa shape index (κ3) is 3.19. The van der Waals surface area contributed by atoms with Gasteiger partial charge in [0, 0.05) is 12.4 Å². The second kappa shape index (κ2) is 6.45. The minimum atomic E-state index is -0.586. The smallest absolute Gasteiger partial charge is 0.0930 e. The van der Waals surface area contributed by atoms with Gasteiger partial charge in [-0.2, -0.15) is 0 Å². The molecule has 0 saturated carbocycles. The SMILES string of the molecule is OC(c1ccncc1)C(Br)C(Br)c1ccccc1. The quantitative estimate of drug-likeness (QED) is 0.824. The molecule has 0 aliphatic heterocycles. The van der Waals surface area contributed by atoms with Crippen molar-refractivity contribution < 1.29 is 5.11 Å². The zero-order chi connectivity index (χ0) is 13.0. The van der Waals surface area contributed by atoms with E-state index in [1.54, 1.807) is 12.4 Å². The molecule has 0 fully saturated rings. The zero-order valence-corrected chi connectivity index (χ0v) is 12.8. The average Bonchev–Trinajstić information content (AvgIpc) is 2.47. The maximum atomic E-state index is 10.3. The van der Waals surface area contributed by atoms with Gasteiger partial charge < -0.3 is 5.11 Å². The first-order chi connectivity index (χ1) is 8.70. The summed E-state index contributed by atoms with van der Waals surface area (Å²) >= 11 is 7.19. The summed E-state index contributed by atoms with van der Waals surface area (Å²) in [5, 5.41) is 10.3. The molecule has 0 aliphatic carbocycles. The molecule has 0 spiro atoms. The van der Waals surface area contributed by atoms with E-state index >= 15 is 0 Å². The fraction of sp³-hybridized carbons (Fsp3) is 0.214. The summed E-state index contributed by atoms with van der Waals surface area (Å²) in [5.74, 6) is 0. The summed E-state index contributed by atoms with van der Waals surface area (Å²) in [7, 11) is 0. The molecule has 94 valence electrons. The standard InChI is InChI=1S/C14H13Br2NO/c15-12(10-4-2-1-3-5-10)13(16)14(18)11-6-8-17-9-7-11/h1-9,12-14,18H. The minimum absolute atomic E-state index is 0.0434. The van der Waals surface area contributed by atoms with Gasteiger partial charge in [0.1, 0.15) is 0 Å². The average molecular weight is 371 g/mol. The third-order valence-electron chi connectivity index (χ3n) is 2.75. The lowest BCUT2D eigenvalue weighted by atomic mass is 10.0. The molecular weight excluding hydrogens is 358 g/mol. The number of hydrogen-bond acceptors (Lipinski definition) is 2. The van der Waals surface area contributed by atoms with Crippen LogP contribution in [0.25, 0.3) is 0 Å². The summed E-state index contributed by atoms with van der Waals surface area (Å²) < 4.78 is 0. The molecule has 4 heteroatoms. The molecule has 0 bridgehead atoms. The molecule has 2 aromatic rings. The van der Waals surface area contributed by atoms with Gasteiger partial charge in [-0.3, -0.25) is 4.98 Å². The highest BCUT2D eigenvalue weighted by atomic mass is 79.9. The topological polar surface area (TPSA) is 33.1 Å². The van der Waals surface area contributed by atoms with Crippen LogP contribution in [0.5, 0.6) is 0 Å². The van der Waals surface area contributed by atoms with E-state index in [0.717, 1.165) is 11.1 Å². The van der Waals surface area contributed by atoms with Gasteiger partial charge in [-0.15, -0.1) is 0 Å². The first-order valence-corrected chi connectivity index (χ1v) is 7.44. The minimum Gasteiger partial charge on any atom is -0.387 e. The van der Waals surface area contributed by atoms with Gasteiger partial charge in [-0.25, -0.2) is 0 Å². The van der Waals surface area contributed by atoms with Gasteiger partial charge in [0.2, 0.25) is 0 Å². The number of benzene rings is 1. The summed E-state index contributed by atoms with van der Waals surface area (Å²) in [6, 6.07) is 13.7. The van der Waals surface area contributed by atoms with Crippen LogP contribution in [0, 0.1) is 0 Å². The molecule has 1 heterocycles. The first-order valence-electron chi connectivity index (χ1n) is 5.61. The molecule has 1 N–H and O–H groups in total. The molecule has 0 saturated heterocycles. The Morgan fingerprint density at radius 3 is 2.11 bits per heavy atom. The Morgan fingerprint density at radius 2 is 1.50 bits per heavy atom. The van der Waals surface area contributed by atoms with E-state index in [2.05, 4.69) is 36.8 Å². The fourth-order valence-corrected chi connectivity index (χ4v) is 2.93. The van der Waals surface area contributed by atoms with Gasteiger partial charge in [0.15, 0.2) is 0 Å². The van der Waals surface area contributed by atoms with Crippen LogP contribution in [0.1, 0.15) is 22.1 Å². The van der Waals surface area contributed by atoms with Crippen molar-refractivity contribution in [3.63, 3.8) is 0 Å². The maximum absolute atomic E-state index is 10.3. The van der Waals surface area contributed by atoms with Gasteiger partial charge in [-0.1, -0.05) is 62.2 Å². The molecule has 0 aliphatic rings. The number of rotatable bonds is 4. The van der Waals surface area contributed by atoms with Gasteiger partial charge in [0.25, 0.3) is 0 Å². The Kier molecular flexibility index (Phi) is 4.92. The molecule has 18 heavy (non-hydrogen) atoms. The van der Waals surface area contributed by atoms with E-state index in [9.17, 15) is 5.11 Å². The normalized spacial score (nSPS) is 15.9. The predicted molar refractivity (Wildman–Crippen MR) is 80.0 cm³/mol. The molecule has 2 nitrogen and oxygen atoms in total. The molecule has 0 amide bonds. The van der Waals surface area contributed by atoms with Crippen LogP contribution in [0.15, 0.2) is 54.9 Å². The van der Waals surface area contributed by atoms with Gasteiger partial charge in [-0.05, 0) is 23.3 Å². The second-order valence-corrected chi connectivity index (χ2v) is 6.03. The largest absolute Gasteiger partial charge is 0.387 e. The van der Waals surface area contributed by atoms with Crippen molar-refractivity contribution in [1.82, 2.24) is 4.98 Å². The number of aliphatic hydroxyl groups excluding tert-OH is 1. The van der Waals surface area contributed by atoms with Crippen molar-refractivity contribution >= 4 is 31.9 Å². The third-order valence-corrected chi connectivity index (χ3v) is 5.58. The predicted octanol–water partition coefficient (Wildman–Crippen LogP) is 4.01. The highest BCUT2D eigenvalue weighted by Crippen LogP contribution is 2.38. The van der Waals surface area contributed by atoms with Crippen LogP contribution in [0.2, 0.25) is 0 Å². The van der Waals surface area contributed by atoms with E-state index in [-0.39, 0.29) is 9.65 Å². The summed E-state index contributed by atoms with van der Waals surface area (Å²) in [5.41, 5.74) is 1.99. The number of aliphatic hydroxyl groups is 1. The molecule has 2 rings (SSSR count). The molecule has 3 unspecified atom stereocenters.